The van der Waals surface area contributed by atoms with E-state index in [0.29, 0.717) is 12.5 Å². The molecular formula is C14H22ClNO2. The molecule has 1 aromatic rings. The van der Waals surface area contributed by atoms with E-state index in [0.717, 1.165) is 25.3 Å². The van der Waals surface area contributed by atoms with Crippen LogP contribution in [0.15, 0.2) is 30.3 Å². The summed E-state index contributed by atoms with van der Waals surface area (Å²) in [6, 6.07) is 9.67. The van der Waals surface area contributed by atoms with E-state index >= 15 is 0 Å². The van der Waals surface area contributed by atoms with Crippen LogP contribution in [0.25, 0.3) is 0 Å². The first kappa shape index (κ1) is 15.3. The molecule has 0 saturated carbocycles. The van der Waals surface area contributed by atoms with Crippen LogP contribution in [-0.2, 0) is 0 Å². The highest BCUT2D eigenvalue weighted by Crippen LogP contribution is 2.17. The van der Waals surface area contributed by atoms with Crippen LogP contribution < -0.4 is 10.1 Å². The Balaban J connectivity index is 0.00000162. The van der Waals surface area contributed by atoms with Gasteiger partial charge in [-0.2, -0.15) is 0 Å². The summed E-state index contributed by atoms with van der Waals surface area (Å²) >= 11 is 0. The van der Waals surface area contributed by atoms with Crippen molar-refractivity contribution in [2.24, 2.45) is 5.92 Å². The molecule has 0 aromatic heterocycles. The first-order valence-corrected chi connectivity index (χ1v) is 6.43. The smallest absolute Gasteiger partial charge is 0.119 e. The van der Waals surface area contributed by atoms with Gasteiger partial charge in [-0.1, -0.05) is 24.6 Å². The largest absolute Gasteiger partial charge is 0.491 e. The molecule has 2 N–H and O–H groups in total. The lowest BCUT2D eigenvalue weighted by atomic mass is 9.97. The van der Waals surface area contributed by atoms with Crippen LogP contribution in [0.4, 0.5) is 0 Å². The van der Waals surface area contributed by atoms with Gasteiger partial charge in [0.25, 0.3) is 0 Å². The SMILES string of the molecule is Cl.OC(COc1ccccc1)C1CCCCNC1. The molecule has 0 radical (unpaired) electrons. The molecule has 1 aliphatic heterocycles. The molecule has 2 rings (SSSR count). The minimum absolute atomic E-state index is 0. The van der Waals surface area contributed by atoms with Crippen molar-refractivity contribution in [1.82, 2.24) is 5.32 Å². The third kappa shape index (κ3) is 4.84. The van der Waals surface area contributed by atoms with Gasteiger partial charge in [-0.15, -0.1) is 12.4 Å². The van der Waals surface area contributed by atoms with E-state index in [9.17, 15) is 5.11 Å². The molecule has 0 bridgehead atoms. The number of benzene rings is 1. The summed E-state index contributed by atoms with van der Waals surface area (Å²) in [5.74, 6) is 1.15. The lowest BCUT2D eigenvalue weighted by molar-refractivity contribution is 0.0550. The van der Waals surface area contributed by atoms with Gasteiger partial charge < -0.3 is 15.2 Å². The zero-order valence-electron chi connectivity index (χ0n) is 10.5. The number of hydrogen-bond donors (Lipinski definition) is 2. The molecule has 1 aliphatic rings. The molecule has 2 atom stereocenters. The molecule has 0 spiro atoms. The molecule has 102 valence electrons. The highest BCUT2D eigenvalue weighted by molar-refractivity contribution is 5.85. The van der Waals surface area contributed by atoms with E-state index in [1.807, 2.05) is 30.3 Å². The van der Waals surface area contributed by atoms with E-state index in [1.165, 1.54) is 12.8 Å². The maximum absolute atomic E-state index is 10.1. The molecule has 1 fully saturated rings. The van der Waals surface area contributed by atoms with Crippen LogP contribution in [0.1, 0.15) is 19.3 Å². The zero-order valence-corrected chi connectivity index (χ0v) is 11.4. The second-order valence-electron chi connectivity index (χ2n) is 4.65. The average molecular weight is 272 g/mol. The fraction of sp³-hybridized carbons (Fsp3) is 0.571. The van der Waals surface area contributed by atoms with Crippen molar-refractivity contribution >= 4 is 12.4 Å². The highest BCUT2D eigenvalue weighted by Gasteiger charge is 2.20. The van der Waals surface area contributed by atoms with Gasteiger partial charge in [0.2, 0.25) is 0 Å². The van der Waals surface area contributed by atoms with Crippen LogP contribution >= 0.6 is 12.4 Å². The van der Waals surface area contributed by atoms with E-state index in [4.69, 9.17) is 4.74 Å². The molecule has 3 nitrogen and oxygen atoms in total. The Morgan fingerprint density at radius 2 is 2.06 bits per heavy atom. The summed E-state index contributed by atoms with van der Waals surface area (Å²) in [7, 11) is 0. The molecule has 18 heavy (non-hydrogen) atoms. The molecule has 0 aliphatic carbocycles. The number of hydrogen-bond acceptors (Lipinski definition) is 3. The highest BCUT2D eigenvalue weighted by atomic mass is 35.5. The van der Waals surface area contributed by atoms with Gasteiger partial charge in [-0.05, 0) is 31.5 Å². The standard InChI is InChI=1S/C14H21NO2.ClH/c16-14(12-6-4-5-9-15-10-12)11-17-13-7-2-1-3-8-13;/h1-3,7-8,12,14-16H,4-6,9-11H2;1H. The Kier molecular flexibility index (Phi) is 7.09. The number of rotatable bonds is 4. The van der Waals surface area contributed by atoms with Gasteiger partial charge in [0, 0.05) is 12.5 Å². The third-order valence-electron chi connectivity index (χ3n) is 3.29. The molecule has 1 saturated heterocycles. The number of para-hydroxylation sites is 1. The first-order chi connectivity index (χ1) is 8.36. The number of ether oxygens (including phenoxy) is 1. The topological polar surface area (TPSA) is 41.5 Å². The molecule has 2 unspecified atom stereocenters. The van der Waals surface area contributed by atoms with Crippen LogP contribution in [0.3, 0.4) is 0 Å². The monoisotopic (exact) mass is 271 g/mol. The molecule has 1 aromatic carbocycles. The van der Waals surface area contributed by atoms with Gasteiger partial charge >= 0.3 is 0 Å². The molecule has 4 heteroatoms. The zero-order chi connectivity index (χ0) is 11.9. The summed E-state index contributed by atoms with van der Waals surface area (Å²) in [5, 5.41) is 13.5. The molecular weight excluding hydrogens is 250 g/mol. The second-order valence-corrected chi connectivity index (χ2v) is 4.65. The van der Waals surface area contributed by atoms with Crippen LogP contribution in [0, 0.1) is 5.92 Å². The van der Waals surface area contributed by atoms with Gasteiger partial charge in [0.1, 0.15) is 12.4 Å². The minimum atomic E-state index is -0.374. The van der Waals surface area contributed by atoms with Crippen LogP contribution in [0.2, 0.25) is 0 Å². The predicted molar refractivity (Wildman–Crippen MR) is 75.4 cm³/mol. The maximum atomic E-state index is 10.1. The maximum Gasteiger partial charge on any atom is 0.119 e. The van der Waals surface area contributed by atoms with E-state index in [1.54, 1.807) is 0 Å². The van der Waals surface area contributed by atoms with Gasteiger partial charge in [-0.25, -0.2) is 0 Å². The molecule has 1 heterocycles. The number of nitrogens with one attached hydrogen (secondary N) is 1. The van der Waals surface area contributed by atoms with E-state index in [-0.39, 0.29) is 18.5 Å². The third-order valence-corrected chi connectivity index (χ3v) is 3.29. The van der Waals surface area contributed by atoms with E-state index in [2.05, 4.69) is 5.32 Å². The van der Waals surface area contributed by atoms with E-state index < -0.39 is 0 Å². The normalized spacial score (nSPS) is 21.5. The van der Waals surface area contributed by atoms with Crippen molar-refractivity contribution in [3.63, 3.8) is 0 Å². The average Bonchev–Trinajstić information content (AvgIpc) is 2.66. The number of aliphatic hydroxyl groups excluding tert-OH is 1. The summed E-state index contributed by atoms with van der Waals surface area (Å²) in [5.41, 5.74) is 0. The second kappa shape index (κ2) is 8.35. The summed E-state index contributed by atoms with van der Waals surface area (Å²) < 4.78 is 5.58. The van der Waals surface area contributed by atoms with Gasteiger partial charge in [0.05, 0.1) is 6.10 Å². The first-order valence-electron chi connectivity index (χ1n) is 6.43. The van der Waals surface area contributed by atoms with Crippen LogP contribution in [-0.4, -0.2) is 30.9 Å². The summed E-state index contributed by atoms with van der Waals surface area (Å²) in [6.07, 6.45) is 3.12. The number of halogens is 1. The Hall–Kier alpha value is -0.770. The van der Waals surface area contributed by atoms with Crippen molar-refractivity contribution in [2.45, 2.75) is 25.4 Å². The summed E-state index contributed by atoms with van der Waals surface area (Å²) in [4.78, 5) is 0. The Morgan fingerprint density at radius 3 is 2.83 bits per heavy atom. The van der Waals surface area contributed by atoms with Gasteiger partial charge in [0.15, 0.2) is 0 Å². The Bertz CT molecular complexity index is 313. The number of aliphatic hydroxyl groups is 1. The molecule has 0 amide bonds. The van der Waals surface area contributed by atoms with Crippen molar-refractivity contribution in [1.29, 1.82) is 0 Å². The van der Waals surface area contributed by atoms with Crippen molar-refractivity contribution < 1.29 is 9.84 Å². The van der Waals surface area contributed by atoms with Gasteiger partial charge in [-0.3, -0.25) is 0 Å². The lowest BCUT2D eigenvalue weighted by Gasteiger charge is -2.21. The Morgan fingerprint density at radius 1 is 1.28 bits per heavy atom. The summed E-state index contributed by atoms with van der Waals surface area (Å²) in [6.45, 7) is 2.36. The van der Waals surface area contributed by atoms with Crippen molar-refractivity contribution in [3.05, 3.63) is 30.3 Å². The quantitative estimate of drug-likeness (QED) is 0.883. The fourth-order valence-corrected chi connectivity index (χ4v) is 2.21. The Labute approximate surface area is 115 Å². The van der Waals surface area contributed by atoms with Crippen LogP contribution in [0.5, 0.6) is 5.75 Å². The minimum Gasteiger partial charge on any atom is -0.491 e. The van der Waals surface area contributed by atoms with Crippen molar-refractivity contribution in [2.75, 3.05) is 19.7 Å². The predicted octanol–water partition coefficient (Wildman–Crippen LogP) is 2.24. The fourth-order valence-electron chi connectivity index (χ4n) is 2.21. The lowest BCUT2D eigenvalue weighted by Crippen LogP contribution is -2.33. The van der Waals surface area contributed by atoms with Crippen molar-refractivity contribution in [3.8, 4) is 5.75 Å².